The standard InChI is InChI=1S/C20H35N3O2S/c1-15(2)12-21-20(22-13-16-9-10-26(24,25)14-16)23-19-8-7-17-5-3-4-6-18(17)11-19/h16-19H,1,3-14H2,2H3,(H2,21,22,23). The van der Waals surface area contributed by atoms with Crippen molar-refractivity contribution < 1.29 is 8.42 Å². The van der Waals surface area contributed by atoms with Crippen LogP contribution in [0.15, 0.2) is 17.1 Å². The summed E-state index contributed by atoms with van der Waals surface area (Å²) in [5.74, 6) is 3.48. The van der Waals surface area contributed by atoms with E-state index in [2.05, 4.69) is 22.2 Å². The Bertz CT molecular complexity index is 629. The molecule has 3 rings (SSSR count). The molecule has 6 heteroatoms. The van der Waals surface area contributed by atoms with Crippen LogP contribution < -0.4 is 10.6 Å². The summed E-state index contributed by atoms with van der Waals surface area (Å²) in [7, 11) is -2.82. The molecule has 2 N–H and O–H groups in total. The van der Waals surface area contributed by atoms with Crippen LogP contribution >= 0.6 is 0 Å². The number of hydrogen-bond acceptors (Lipinski definition) is 3. The van der Waals surface area contributed by atoms with Crippen LogP contribution in [0.4, 0.5) is 0 Å². The minimum atomic E-state index is -2.82. The number of nitrogens with zero attached hydrogens (tertiary/aromatic N) is 1. The first-order valence-electron chi connectivity index (χ1n) is 10.3. The minimum absolute atomic E-state index is 0.200. The molecule has 3 fully saturated rings. The third-order valence-corrected chi connectivity index (χ3v) is 8.11. The zero-order valence-corrected chi connectivity index (χ0v) is 17.0. The molecule has 0 aromatic rings. The smallest absolute Gasteiger partial charge is 0.191 e. The van der Waals surface area contributed by atoms with Gasteiger partial charge in [0.1, 0.15) is 0 Å². The first-order chi connectivity index (χ1) is 12.4. The molecule has 0 amide bonds. The van der Waals surface area contributed by atoms with Gasteiger partial charge in [0, 0.05) is 12.6 Å². The summed E-state index contributed by atoms with van der Waals surface area (Å²) in [5, 5.41) is 7.04. The molecule has 0 spiro atoms. The van der Waals surface area contributed by atoms with Crippen molar-refractivity contribution in [3.05, 3.63) is 12.2 Å². The number of rotatable bonds is 5. The van der Waals surface area contributed by atoms with E-state index in [4.69, 9.17) is 0 Å². The number of sulfone groups is 1. The Kier molecular flexibility index (Phi) is 6.65. The van der Waals surface area contributed by atoms with Crippen molar-refractivity contribution in [2.45, 2.75) is 64.3 Å². The first-order valence-corrected chi connectivity index (χ1v) is 12.1. The SMILES string of the molecule is C=C(C)CN=C(NCC1CCS(=O)(=O)C1)NC1CCC2CCCCC2C1. The van der Waals surface area contributed by atoms with Crippen LogP contribution in [0.1, 0.15) is 58.3 Å². The van der Waals surface area contributed by atoms with E-state index in [9.17, 15) is 8.42 Å². The van der Waals surface area contributed by atoms with Crippen molar-refractivity contribution >= 4 is 15.8 Å². The van der Waals surface area contributed by atoms with Gasteiger partial charge in [0.2, 0.25) is 0 Å². The van der Waals surface area contributed by atoms with Crippen molar-refractivity contribution in [3.8, 4) is 0 Å². The van der Waals surface area contributed by atoms with Gasteiger partial charge >= 0.3 is 0 Å². The second kappa shape index (κ2) is 8.77. The van der Waals surface area contributed by atoms with Gasteiger partial charge in [0.05, 0.1) is 18.1 Å². The largest absolute Gasteiger partial charge is 0.356 e. The van der Waals surface area contributed by atoms with Crippen LogP contribution in [0.3, 0.4) is 0 Å². The molecule has 3 aliphatic rings. The Balaban J connectivity index is 1.54. The van der Waals surface area contributed by atoms with Gasteiger partial charge in [-0.3, -0.25) is 0 Å². The van der Waals surface area contributed by atoms with E-state index >= 15 is 0 Å². The van der Waals surface area contributed by atoms with Crippen molar-refractivity contribution in [2.75, 3.05) is 24.6 Å². The lowest BCUT2D eigenvalue weighted by Crippen LogP contribution is -2.48. The van der Waals surface area contributed by atoms with Crippen LogP contribution in [-0.4, -0.2) is 45.0 Å². The zero-order valence-electron chi connectivity index (χ0n) is 16.2. The van der Waals surface area contributed by atoms with Crippen LogP contribution in [0.25, 0.3) is 0 Å². The minimum Gasteiger partial charge on any atom is -0.356 e. The molecule has 2 aliphatic carbocycles. The van der Waals surface area contributed by atoms with Crippen LogP contribution in [-0.2, 0) is 9.84 Å². The molecule has 1 heterocycles. The lowest BCUT2D eigenvalue weighted by atomic mass is 9.69. The van der Waals surface area contributed by atoms with Crippen molar-refractivity contribution in [1.82, 2.24) is 10.6 Å². The van der Waals surface area contributed by atoms with Crippen LogP contribution in [0, 0.1) is 17.8 Å². The number of fused-ring (bicyclic) bond motifs is 1. The Hall–Kier alpha value is -1.04. The second-order valence-corrected chi connectivity index (χ2v) is 11.0. The average Bonchev–Trinajstić information content (AvgIpc) is 2.96. The number of hydrogen-bond donors (Lipinski definition) is 2. The fourth-order valence-corrected chi connectivity index (χ4v) is 6.70. The van der Waals surface area contributed by atoms with E-state index in [1.807, 2.05) is 6.92 Å². The molecule has 1 aliphatic heterocycles. The molecule has 1 saturated heterocycles. The molecule has 26 heavy (non-hydrogen) atoms. The third kappa shape index (κ3) is 5.73. The van der Waals surface area contributed by atoms with E-state index in [1.54, 1.807) is 0 Å². The summed E-state index contributed by atoms with van der Waals surface area (Å²) in [4.78, 5) is 4.66. The van der Waals surface area contributed by atoms with Crippen molar-refractivity contribution in [3.63, 3.8) is 0 Å². The molecule has 4 atom stereocenters. The molecule has 0 aromatic carbocycles. The van der Waals surface area contributed by atoms with Gasteiger partial charge in [-0.25, -0.2) is 13.4 Å². The van der Waals surface area contributed by atoms with E-state index in [0.717, 1.165) is 29.8 Å². The van der Waals surface area contributed by atoms with Gasteiger partial charge in [0.15, 0.2) is 15.8 Å². The summed E-state index contributed by atoms with van der Waals surface area (Å²) in [6.07, 6.45) is 10.2. The van der Waals surface area contributed by atoms with Gasteiger partial charge in [0.25, 0.3) is 0 Å². The van der Waals surface area contributed by atoms with Gasteiger partial charge in [-0.05, 0) is 50.4 Å². The predicted molar refractivity (Wildman–Crippen MR) is 108 cm³/mol. The van der Waals surface area contributed by atoms with Gasteiger partial charge in [-0.15, -0.1) is 0 Å². The summed E-state index contributed by atoms with van der Waals surface area (Å²) < 4.78 is 23.3. The van der Waals surface area contributed by atoms with Crippen molar-refractivity contribution in [1.29, 1.82) is 0 Å². The maximum absolute atomic E-state index is 11.7. The van der Waals surface area contributed by atoms with Crippen LogP contribution in [0.5, 0.6) is 0 Å². The second-order valence-electron chi connectivity index (χ2n) is 8.73. The Labute approximate surface area is 159 Å². The molecular weight excluding hydrogens is 346 g/mol. The maximum Gasteiger partial charge on any atom is 0.191 e. The number of aliphatic imine (C=N–C) groups is 1. The molecule has 4 unspecified atom stereocenters. The lowest BCUT2D eigenvalue weighted by molar-refractivity contribution is 0.150. The van der Waals surface area contributed by atoms with Gasteiger partial charge < -0.3 is 10.6 Å². The molecule has 0 aromatic heterocycles. The monoisotopic (exact) mass is 381 g/mol. The number of nitrogens with one attached hydrogen (secondary N) is 2. The topological polar surface area (TPSA) is 70.6 Å². The molecule has 0 radical (unpaired) electrons. The molecule has 5 nitrogen and oxygen atoms in total. The van der Waals surface area contributed by atoms with Gasteiger partial charge in [-0.2, -0.15) is 0 Å². The third-order valence-electron chi connectivity index (χ3n) is 6.27. The highest BCUT2D eigenvalue weighted by Gasteiger charge is 2.33. The highest BCUT2D eigenvalue weighted by molar-refractivity contribution is 7.91. The highest BCUT2D eigenvalue weighted by atomic mass is 32.2. The molecule has 2 saturated carbocycles. The van der Waals surface area contributed by atoms with Gasteiger partial charge in [-0.1, -0.05) is 37.8 Å². The molecule has 0 bridgehead atoms. The maximum atomic E-state index is 11.7. The molecular formula is C20H35N3O2S. The van der Waals surface area contributed by atoms with E-state index in [1.165, 1.54) is 44.9 Å². The normalized spacial score (nSPS) is 34.1. The Morgan fingerprint density at radius 2 is 1.88 bits per heavy atom. The highest BCUT2D eigenvalue weighted by Crippen LogP contribution is 2.40. The summed E-state index contributed by atoms with van der Waals surface area (Å²) >= 11 is 0. The predicted octanol–water partition coefficient (Wildman–Crippen LogP) is 2.89. The molecule has 148 valence electrons. The van der Waals surface area contributed by atoms with Crippen molar-refractivity contribution in [2.24, 2.45) is 22.7 Å². The summed E-state index contributed by atoms with van der Waals surface area (Å²) in [6, 6.07) is 0.484. The fraction of sp³-hybridized carbons (Fsp3) is 0.850. The summed E-state index contributed by atoms with van der Waals surface area (Å²) in [6.45, 7) is 7.22. The van der Waals surface area contributed by atoms with E-state index in [-0.39, 0.29) is 5.92 Å². The first kappa shape index (κ1) is 19.7. The van der Waals surface area contributed by atoms with E-state index < -0.39 is 9.84 Å². The fourth-order valence-electron chi connectivity index (χ4n) is 4.84. The Morgan fingerprint density at radius 1 is 1.12 bits per heavy atom. The zero-order chi connectivity index (χ0) is 18.6. The lowest BCUT2D eigenvalue weighted by Gasteiger charge is -2.40. The Morgan fingerprint density at radius 3 is 2.58 bits per heavy atom. The quantitative estimate of drug-likeness (QED) is 0.436. The summed E-state index contributed by atoms with van der Waals surface area (Å²) in [5.41, 5.74) is 1.03. The average molecular weight is 382 g/mol. The number of guanidine groups is 1. The van der Waals surface area contributed by atoms with E-state index in [0.29, 0.717) is 30.6 Å². The van der Waals surface area contributed by atoms with Crippen LogP contribution in [0.2, 0.25) is 0 Å².